The molecule has 1 fully saturated rings. The summed E-state index contributed by atoms with van der Waals surface area (Å²) in [6.45, 7) is 3.13. The van der Waals surface area contributed by atoms with Crippen molar-refractivity contribution in [2.24, 2.45) is 5.92 Å². The number of alkyl halides is 3. The molecule has 1 aliphatic heterocycles. The number of nitrogens with zero attached hydrogens (tertiary/aromatic N) is 4. The van der Waals surface area contributed by atoms with E-state index in [4.69, 9.17) is 0 Å². The number of halogens is 3. The number of nitrogens with one attached hydrogen (secondary N) is 1. The van der Waals surface area contributed by atoms with E-state index in [0.717, 1.165) is 5.56 Å². The van der Waals surface area contributed by atoms with Crippen LogP contribution >= 0.6 is 0 Å². The minimum Gasteiger partial charge on any atom is -0.354 e. The highest BCUT2D eigenvalue weighted by atomic mass is 19.4. The summed E-state index contributed by atoms with van der Waals surface area (Å²) in [6.07, 6.45) is -3.60. The number of aromatic nitrogens is 2. The molecule has 0 unspecified atom stereocenters. The fourth-order valence-corrected chi connectivity index (χ4v) is 2.64. The van der Waals surface area contributed by atoms with Crippen molar-refractivity contribution in [2.45, 2.75) is 32.9 Å². The number of rotatable bonds is 3. The Bertz CT molecular complexity index is 660. The Balaban J connectivity index is 2.00. The van der Waals surface area contributed by atoms with Crippen molar-refractivity contribution in [3.05, 3.63) is 16.8 Å². The van der Waals surface area contributed by atoms with E-state index in [2.05, 4.69) is 16.3 Å². The number of amides is 1. The molecule has 0 saturated carbocycles. The molecule has 2 rings (SSSR count). The Morgan fingerprint density at radius 2 is 1.96 bits per heavy atom. The molecule has 0 atom stereocenters. The van der Waals surface area contributed by atoms with E-state index in [9.17, 15) is 23.2 Å². The van der Waals surface area contributed by atoms with Crippen molar-refractivity contribution < 1.29 is 18.0 Å². The lowest BCUT2D eigenvalue weighted by atomic mass is 9.95. The van der Waals surface area contributed by atoms with Crippen LogP contribution in [0.15, 0.2) is 0 Å². The lowest BCUT2D eigenvalue weighted by molar-refractivity contribution is -0.141. The summed E-state index contributed by atoms with van der Waals surface area (Å²) in [5, 5.41) is 19.4. The van der Waals surface area contributed by atoms with Crippen LogP contribution in [0.4, 0.5) is 19.0 Å². The standard InChI is InChI=1S/C15H18F3N5O/c1-9-10(2)21-22-13(12(9)7-19)23-5-3-11(4-6-23)14(24)20-8-15(16,17)18/h11H,3-6,8H2,1-2H3,(H,20,24). The fraction of sp³-hybridized carbons (Fsp3) is 0.600. The molecular formula is C15H18F3N5O. The summed E-state index contributed by atoms with van der Waals surface area (Å²) in [7, 11) is 0. The van der Waals surface area contributed by atoms with Crippen LogP contribution in [-0.4, -0.2) is 41.9 Å². The maximum atomic E-state index is 12.2. The first kappa shape index (κ1) is 18.0. The Morgan fingerprint density at radius 3 is 2.50 bits per heavy atom. The summed E-state index contributed by atoms with van der Waals surface area (Å²) < 4.78 is 36.5. The molecule has 1 aromatic rings. The predicted molar refractivity (Wildman–Crippen MR) is 80.2 cm³/mol. The second kappa shape index (κ2) is 7.03. The Morgan fingerprint density at radius 1 is 1.33 bits per heavy atom. The van der Waals surface area contributed by atoms with Gasteiger partial charge in [0.15, 0.2) is 5.82 Å². The number of aryl methyl sites for hydroxylation is 1. The highest BCUT2D eigenvalue weighted by Gasteiger charge is 2.31. The zero-order chi connectivity index (χ0) is 17.9. The van der Waals surface area contributed by atoms with E-state index in [1.807, 2.05) is 10.2 Å². The number of hydrogen-bond acceptors (Lipinski definition) is 5. The molecule has 0 bridgehead atoms. The summed E-state index contributed by atoms with van der Waals surface area (Å²) in [4.78, 5) is 13.7. The third kappa shape index (κ3) is 4.13. The average Bonchev–Trinajstić information content (AvgIpc) is 2.54. The van der Waals surface area contributed by atoms with Gasteiger partial charge < -0.3 is 10.2 Å². The lowest BCUT2D eigenvalue weighted by Gasteiger charge is -2.32. The van der Waals surface area contributed by atoms with Gasteiger partial charge in [-0.05, 0) is 32.3 Å². The summed E-state index contributed by atoms with van der Waals surface area (Å²) in [6, 6.07) is 2.12. The topological polar surface area (TPSA) is 81.9 Å². The molecule has 1 N–H and O–H groups in total. The Kier molecular flexibility index (Phi) is 5.26. The Labute approximate surface area is 137 Å². The van der Waals surface area contributed by atoms with Gasteiger partial charge in [0, 0.05) is 19.0 Å². The minimum atomic E-state index is -4.41. The lowest BCUT2D eigenvalue weighted by Crippen LogP contribution is -2.43. The van der Waals surface area contributed by atoms with Crippen LogP contribution in [0.3, 0.4) is 0 Å². The van der Waals surface area contributed by atoms with Gasteiger partial charge in [-0.3, -0.25) is 4.79 Å². The molecule has 1 saturated heterocycles. The molecule has 1 aromatic heterocycles. The third-order valence-electron chi connectivity index (χ3n) is 4.18. The van der Waals surface area contributed by atoms with Crippen LogP contribution < -0.4 is 10.2 Å². The number of nitriles is 1. The molecule has 0 aromatic carbocycles. The van der Waals surface area contributed by atoms with Gasteiger partial charge in [-0.2, -0.15) is 23.5 Å². The van der Waals surface area contributed by atoms with E-state index in [1.54, 1.807) is 13.8 Å². The first-order chi connectivity index (χ1) is 11.2. The van der Waals surface area contributed by atoms with Gasteiger partial charge in [0.05, 0.1) is 5.69 Å². The van der Waals surface area contributed by atoms with Crippen molar-refractivity contribution >= 4 is 11.7 Å². The molecule has 0 spiro atoms. The molecule has 0 radical (unpaired) electrons. The molecule has 2 heterocycles. The largest absolute Gasteiger partial charge is 0.405 e. The Hall–Kier alpha value is -2.37. The van der Waals surface area contributed by atoms with Crippen LogP contribution in [0.2, 0.25) is 0 Å². The van der Waals surface area contributed by atoms with Gasteiger partial charge in [0.1, 0.15) is 18.2 Å². The SMILES string of the molecule is Cc1nnc(N2CCC(C(=O)NCC(F)(F)F)CC2)c(C#N)c1C. The van der Waals surface area contributed by atoms with Crippen molar-refractivity contribution in [1.29, 1.82) is 5.26 Å². The van der Waals surface area contributed by atoms with Gasteiger partial charge in [0.25, 0.3) is 0 Å². The maximum Gasteiger partial charge on any atom is 0.405 e. The first-order valence-corrected chi connectivity index (χ1v) is 7.56. The van der Waals surface area contributed by atoms with E-state index in [1.165, 1.54) is 0 Å². The highest BCUT2D eigenvalue weighted by Crippen LogP contribution is 2.26. The fourth-order valence-electron chi connectivity index (χ4n) is 2.64. The van der Waals surface area contributed by atoms with E-state index in [-0.39, 0.29) is 0 Å². The first-order valence-electron chi connectivity index (χ1n) is 7.56. The molecule has 130 valence electrons. The van der Waals surface area contributed by atoms with E-state index in [0.29, 0.717) is 43.0 Å². The molecule has 1 amide bonds. The average molecular weight is 341 g/mol. The molecule has 0 aliphatic carbocycles. The summed E-state index contributed by atoms with van der Waals surface area (Å²) in [5.41, 5.74) is 1.88. The number of hydrogen-bond donors (Lipinski definition) is 1. The third-order valence-corrected chi connectivity index (χ3v) is 4.18. The summed E-state index contributed by atoms with van der Waals surface area (Å²) in [5.74, 6) is -0.581. The van der Waals surface area contributed by atoms with Crippen LogP contribution in [-0.2, 0) is 4.79 Å². The van der Waals surface area contributed by atoms with Crippen LogP contribution in [0.25, 0.3) is 0 Å². The quantitative estimate of drug-likeness (QED) is 0.907. The molecule has 24 heavy (non-hydrogen) atoms. The smallest absolute Gasteiger partial charge is 0.354 e. The number of anilines is 1. The normalized spacial score (nSPS) is 15.9. The number of carbonyl (C=O) groups is 1. The van der Waals surface area contributed by atoms with Crippen molar-refractivity contribution in [1.82, 2.24) is 15.5 Å². The highest BCUT2D eigenvalue weighted by molar-refractivity contribution is 5.79. The second-order valence-electron chi connectivity index (χ2n) is 5.82. The number of carbonyl (C=O) groups excluding carboxylic acids is 1. The molecule has 1 aliphatic rings. The number of piperidine rings is 1. The monoisotopic (exact) mass is 341 g/mol. The minimum absolute atomic E-state index is 0.406. The molecule has 9 heteroatoms. The van der Waals surface area contributed by atoms with Crippen LogP contribution in [0, 0.1) is 31.1 Å². The van der Waals surface area contributed by atoms with Gasteiger partial charge >= 0.3 is 6.18 Å². The van der Waals surface area contributed by atoms with Gasteiger partial charge in [-0.1, -0.05) is 0 Å². The van der Waals surface area contributed by atoms with Crippen LogP contribution in [0.1, 0.15) is 29.7 Å². The summed E-state index contributed by atoms with van der Waals surface area (Å²) >= 11 is 0. The molecular weight excluding hydrogens is 323 g/mol. The van der Waals surface area contributed by atoms with Crippen molar-refractivity contribution in [2.75, 3.05) is 24.5 Å². The van der Waals surface area contributed by atoms with Crippen LogP contribution in [0.5, 0.6) is 0 Å². The predicted octanol–water partition coefficient (Wildman–Crippen LogP) is 1.86. The van der Waals surface area contributed by atoms with Gasteiger partial charge in [-0.15, -0.1) is 5.10 Å². The van der Waals surface area contributed by atoms with E-state index >= 15 is 0 Å². The van der Waals surface area contributed by atoms with Crippen molar-refractivity contribution in [3.8, 4) is 6.07 Å². The second-order valence-corrected chi connectivity index (χ2v) is 5.82. The molecule has 6 nitrogen and oxygen atoms in total. The van der Waals surface area contributed by atoms with Gasteiger partial charge in [-0.25, -0.2) is 0 Å². The van der Waals surface area contributed by atoms with Gasteiger partial charge in [0.2, 0.25) is 5.91 Å². The zero-order valence-electron chi connectivity index (χ0n) is 13.4. The maximum absolute atomic E-state index is 12.2. The van der Waals surface area contributed by atoms with E-state index < -0.39 is 24.5 Å². The zero-order valence-corrected chi connectivity index (χ0v) is 13.4. The van der Waals surface area contributed by atoms with Crippen molar-refractivity contribution in [3.63, 3.8) is 0 Å².